The molecule has 0 saturated heterocycles. The van der Waals surface area contributed by atoms with Crippen molar-refractivity contribution in [1.82, 2.24) is 5.32 Å². The summed E-state index contributed by atoms with van der Waals surface area (Å²) in [4.78, 5) is 0. The van der Waals surface area contributed by atoms with Crippen molar-refractivity contribution >= 4 is 15.9 Å². The van der Waals surface area contributed by atoms with Crippen LogP contribution in [-0.2, 0) is 4.74 Å². The topological polar surface area (TPSA) is 41.5 Å². The van der Waals surface area contributed by atoms with E-state index in [1.54, 1.807) is 7.11 Å². The molecular weight excluding hydrogens is 282 g/mol. The predicted molar refractivity (Wildman–Crippen MR) is 73.1 cm³/mol. The first kappa shape index (κ1) is 14.6. The smallest absolute Gasteiger partial charge is 0.0638 e. The number of rotatable bonds is 7. The van der Waals surface area contributed by atoms with Crippen LogP contribution in [0.25, 0.3) is 0 Å². The first-order valence-electron chi connectivity index (χ1n) is 5.82. The lowest BCUT2D eigenvalue weighted by Crippen LogP contribution is -2.38. The number of nitrogens with one attached hydrogen (secondary N) is 1. The van der Waals surface area contributed by atoms with Crippen molar-refractivity contribution in [2.24, 2.45) is 0 Å². The first-order chi connectivity index (χ1) is 8.21. The highest BCUT2D eigenvalue weighted by molar-refractivity contribution is 9.10. The molecule has 0 aliphatic rings. The Bertz CT molecular complexity index is 333. The van der Waals surface area contributed by atoms with Gasteiger partial charge in [0.25, 0.3) is 0 Å². The minimum atomic E-state index is -0.0241. The van der Waals surface area contributed by atoms with Crippen molar-refractivity contribution in [3.8, 4) is 0 Å². The zero-order chi connectivity index (χ0) is 12.7. The Morgan fingerprint density at radius 1 is 1.47 bits per heavy atom. The molecule has 0 saturated carbocycles. The number of aliphatic hydroxyl groups is 1. The van der Waals surface area contributed by atoms with Gasteiger partial charge in [-0.3, -0.25) is 0 Å². The SMILES string of the molecule is CCC(NC(CO)COC)c1cccc(Br)c1. The third-order valence-electron chi connectivity index (χ3n) is 2.68. The number of ether oxygens (including phenoxy) is 1. The van der Waals surface area contributed by atoms with E-state index in [-0.39, 0.29) is 18.7 Å². The molecular formula is C13H20BrNO2. The first-order valence-corrected chi connectivity index (χ1v) is 6.61. The van der Waals surface area contributed by atoms with E-state index < -0.39 is 0 Å². The fourth-order valence-electron chi connectivity index (χ4n) is 1.81. The Kier molecular flexibility index (Phi) is 6.73. The largest absolute Gasteiger partial charge is 0.395 e. The van der Waals surface area contributed by atoms with Crippen LogP contribution in [0.5, 0.6) is 0 Å². The number of methoxy groups -OCH3 is 1. The number of aliphatic hydroxyl groups excluding tert-OH is 1. The highest BCUT2D eigenvalue weighted by atomic mass is 79.9. The standard InChI is InChI=1S/C13H20BrNO2/c1-3-13(15-12(8-16)9-17-2)10-5-4-6-11(14)7-10/h4-7,12-13,15-16H,3,8-9H2,1-2H3. The summed E-state index contributed by atoms with van der Waals surface area (Å²) in [5.74, 6) is 0. The van der Waals surface area contributed by atoms with Gasteiger partial charge in [0.05, 0.1) is 19.3 Å². The molecule has 0 fully saturated rings. The molecule has 3 nitrogen and oxygen atoms in total. The molecule has 1 rings (SSSR count). The van der Waals surface area contributed by atoms with E-state index in [2.05, 4.69) is 40.3 Å². The maximum atomic E-state index is 9.25. The number of halogens is 1. The van der Waals surface area contributed by atoms with E-state index in [0.29, 0.717) is 6.61 Å². The van der Waals surface area contributed by atoms with Gasteiger partial charge < -0.3 is 15.2 Å². The summed E-state index contributed by atoms with van der Waals surface area (Å²) < 4.78 is 6.14. The molecule has 2 atom stereocenters. The molecule has 2 unspecified atom stereocenters. The molecule has 0 radical (unpaired) electrons. The van der Waals surface area contributed by atoms with Crippen molar-refractivity contribution in [3.63, 3.8) is 0 Å². The molecule has 0 aliphatic heterocycles. The van der Waals surface area contributed by atoms with E-state index in [1.807, 2.05) is 12.1 Å². The second-order valence-corrected chi connectivity index (χ2v) is 4.93. The molecule has 96 valence electrons. The zero-order valence-corrected chi connectivity index (χ0v) is 11.9. The summed E-state index contributed by atoms with van der Waals surface area (Å²) in [7, 11) is 1.64. The number of hydrogen-bond acceptors (Lipinski definition) is 3. The minimum Gasteiger partial charge on any atom is -0.395 e. The average molecular weight is 302 g/mol. The zero-order valence-electron chi connectivity index (χ0n) is 10.3. The predicted octanol–water partition coefficient (Wildman–Crippen LogP) is 2.50. The van der Waals surface area contributed by atoms with Crippen LogP contribution in [0.4, 0.5) is 0 Å². The lowest BCUT2D eigenvalue weighted by Gasteiger charge is -2.23. The molecule has 1 aromatic rings. The van der Waals surface area contributed by atoms with Crippen molar-refractivity contribution in [2.45, 2.75) is 25.4 Å². The normalized spacial score (nSPS) is 14.6. The second-order valence-electron chi connectivity index (χ2n) is 4.02. The van der Waals surface area contributed by atoms with Crippen LogP contribution >= 0.6 is 15.9 Å². The van der Waals surface area contributed by atoms with Crippen LogP contribution < -0.4 is 5.32 Å². The van der Waals surface area contributed by atoms with Crippen molar-refractivity contribution < 1.29 is 9.84 Å². The molecule has 0 aromatic heterocycles. The minimum absolute atomic E-state index is 0.0241. The van der Waals surface area contributed by atoms with E-state index in [1.165, 1.54) is 5.56 Å². The van der Waals surface area contributed by atoms with E-state index >= 15 is 0 Å². The summed E-state index contributed by atoms with van der Waals surface area (Å²) in [6.07, 6.45) is 0.969. The lowest BCUT2D eigenvalue weighted by atomic mass is 10.0. The van der Waals surface area contributed by atoms with Crippen molar-refractivity contribution in [3.05, 3.63) is 34.3 Å². The van der Waals surface area contributed by atoms with E-state index in [9.17, 15) is 5.11 Å². The number of benzene rings is 1. The average Bonchev–Trinajstić information content (AvgIpc) is 2.34. The maximum absolute atomic E-state index is 9.25. The second kappa shape index (κ2) is 7.82. The van der Waals surface area contributed by atoms with E-state index in [0.717, 1.165) is 10.9 Å². The van der Waals surface area contributed by atoms with Gasteiger partial charge >= 0.3 is 0 Å². The molecule has 17 heavy (non-hydrogen) atoms. The van der Waals surface area contributed by atoms with Gasteiger partial charge in [0, 0.05) is 17.6 Å². The molecule has 2 N–H and O–H groups in total. The van der Waals surface area contributed by atoms with Crippen LogP contribution in [0.3, 0.4) is 0 Å². The molecule has 0 amide bonds. The van der Waals surface area contributed by atoms with Gasteiger partial charge in [-0.2, -0.15) is 0 Å². The van der Waals surface area contributed by atoms with Gasteiger partial charge in [-0.15, -0.1) is 0 Å². The van der Waals surface area contributed by atoms with Crippen LogP contribution in [0, 0.1) is 0 Å². The third kappa shape index (κ3) is 4.76. The maximum Gasteiger partial charge on any atom is 0.0638 e. The summed E-state index contributed by atoms with van der Waals surface area (Å²) in [6.45, 7) is 2.72. The fraction of sp³-hybridized carbons (Fsp3) is 0.538. The Balaban J connectivity index is 2.70. The Labute approximate surface area is 111 Å². The third-order valence-corrected chi connectivity index (χ3v) is 3.18. The van der Waals surface area contributed by atoms with Crippen LogP contribution in [0.2, 0.25) is 0 Å². The van der Waals surface area contributed by atoms with Crippen LogP contribution in [0.1, 0.15) is 24.9 Å². The van der Waals surface area contributed by atoms with Crippen LogP contribution in [-0.4, -0.2) is 31.5 Å². The summed E-state index contributed by atoms with van der Waals surface area (Å²) >= 11 is 3.47. The molecule has 0 aliphatic carbocycles. The van der Waals surface area contributed by atoms with Gasteiger partial charge in [-0.1, -0.05) is 35.0 Å². The van der Waals surface area contributed by atoms with Crippen molar-refractivity contribution in [2.75, 3.05) is 20.3 Å². The molecule has 1 aromatic carbocycles. The lowest BCUT2D eigenvalue weighted by molar-refractivity contribution is 0.121. The van der Waals surface area contributed by atoms with Gasteiger partial charge in [0.1, 0.15) is 0 Å². The van der Waals surface area contributed by atoms with Gasteiger partial charge in [0.2, 0.25) is 0 Å². The summed E-state index contributed by atoms with van der Waals surface area (Å²) in [5.41, 5.74) is 1.22. The fourth-order valence-corrected chi connectivity index (χ4v) is 2.23. The van der Waals surface area contributed by atoms with Crippen LogP contribution in [0.15, 0.2) is 28.7 Å². The molecule has 0 bridgehead atoms. The van der Waals surface area contributed by atoms with Crippen molar-refractivity contribution in [1.29, 1.82) is 0 Å². The quantitative estimate of drug-likeness (QED) is 0.813. The summed E-state index contributed by atoms with van der Waals surface area (Å²) in [5, 5.41) is 12.7. The Morgan fingerprint density at radius 3 is 2.76 bits per heavy atom. The highest BCUT2D eigenvalue weighted by Crippen LogP contribution is 2.21. The Morgan fingerprint density at radius 2 is 2.24 bits per heavy atom. The number of hydrogen-bond donors (Lipinski definition) is 2. The molecule has 0 spiro atoms. The van der Waals surface area contributed by atoms with Gasteiger partial charge in [-0.25, -0.2) is 0 Å². The van der Waals surface area contributed by atoms with E-state index in [4.69, 9.17) is 4.74 Å². The monoisotopic (exact) mass is 301 g/mol. The molecule has 4 heteroatoms. The van der Waals surface area contributed by atoms with Gasteiger partial charge in [-0.05, 0) is 24.1 Å². The highest BCUT2D eigenvalue weighted by Gasteiger charge is 2.15. The Hall–Kier alpha value is -0.420. The summed E-state index contributed by atoms with van der Waals surface area (Å²) in [6, 6.07) is 8.43. The molecule has 0 heterocycles. The van der Waals surface area contributed by atoms with Gasteiger partial charge in [0.15, 0.2) is 0 Å².